The maximum absolute atomic E-state index is 14.5. The number of nitrogens with one attached hydrogen (secondary N) is 3. The van der Waals surface area contributed by atoms with Gasteiger partial charge in [-0.2, -0.15) is 0 Å². The van der Waals surface area contributed by atoms with Gasteiger partial charge in [0, 0.05) is 30.2 Å². The maximum atomic E-state index is 14.5. The fourth-order valence-corrected chi connectivity index (χ4v) is 5.66. The molecule has 3 rings (SSSR count). The van der Waals surface area contributed by atoms with Gasteiger partial charge in [0.25, 0.3) is 10.0 Å². The van der Waals surface area contributed by atoms with E-state index in [-0.39, 0.29) is 16.2 Å². The first kappa shape index (κ1) is 23.2. The van der Waals surface area contributed by atoms with Crippen LogP contribution < -0.4 is 21.1 Å². The van der Waals surface area contributed by atoms with E-state index in [4.69, 9.17) is 17.3 Å². The summed E-state index contributed by atoms with van der Waals surface area (Å²) in [5.41, 5.74) is 6.50. The molecule has 1 aliphatic carbocycles. The van der Waals surface area contributed by atoms with Crippen LogP contribution >= 0.6 is 22.9 Å². The number of rotatable bonds is 10. The molecule has 166 valence electrons. The lowest BCUT2D eigenvalue weighted by atomic mass is 9.91. The Bertz CT molecular complexity index is 927. The monoisotopic (exact) mass is 475 g/mol. The number of benzene rings is 1. The van der Waals surface area contributed by atoms with Gasteiger partial charge < -0.3 is 16.4 Å². The van der Waals surface area contributed by atoms with Crippen LogP contribution in [0.15, 0.2) is 28.6 Å². The predicted octanol–water partition coefficient (Wildman–Crippen LogP) is 3.79. The van der Waals surface area contributed by atoms with E-state index in [0.29, 0.717) is 18.3 Å². The number of sulfonamides is 1. The van der Waals surface area contributed by atoms with Gasteiger partial charge in [0.1, 0.15) is 10.7 Å². The van der Waals surface area contributed by atoms with Gasteiger partial charge in [-0.05, 0) is 44.4 Å². The molecule has 0 radical (unpaired) electrons. The average Bonchev–Trinajstić information content (AvgIpc) is 3.20. The second kappa shape index (κ2) is 10.7. The summed E-state index contributed by atoms with van der Waals surface area (Å²) in [5.74, 6) is -0.876. The van der Waals surface area contributed by atoms with Gasteiger partial charge in [0.15, 0.2) is 5.13 Å². The van der Waals surface area contributed by atoms with Crippen LogP contribution in [-0.4, -0.2) is 38.6 Å². The highest BCUT2D eigenvalue weighted by Gasteiger charge is 2.23. The predicted molar refractivity (Wildman–Crippen MR) is 120 cm³/mol. The summed E-state index contributed by atoms with van der Waals surface area (Å²) in [5, 5.41) is 8.51. The van der Waals surface area contributed by atoms with E-state index in [9.17, 15) is 12.8 Å². The van der Waals surface area contributed by atoms with Crippen molar-refractivity contribution in [2.45, 2.75) is 55.5 Å². The van der Waals surface area contributed by atoms with Gasteiger partial charge in [-0.25, -0.2) is 17.8 Å². The SMILES string of the molecule is N[C@H]1CCCC[C@H]1NCCCCNc1cc(F)c(S(=O)(=O)Nc2nccs2)cc1Cl. The summed E-state index contributed by atoms with van der Waals surface area (Å²) in [4.78, 5) is 3.33. The third-order valence-electron chi connectivity index (χ3n) is 5.11. The fraction of sp³-hybridized carbons (Fsp3) is 0.526. The molecular weight excluding hydrogens is 449 g/mol. The third-order valence-corrected chi connectivity index (χ3v) is 7.59. The Morgan fingerprint density at radius 3 is 2.73 bits per heavy atom. The highest BCUT2D eigenvalue weighted by Crippen LogP contribution is 2.29. The van der Waals surface area contributed by atoms with E-state index in [1.54, 1.807) is 5.38 Å². The number of anilines is 2. The Hall–Kier alpha value is -1.46. The molecule has 0 unspecified atom stereocenters. The first-order valence-corrected chi connectivity index (χ1v) is 12.7. The van der Waals surface area contributed by atoms with Crippen molar-refractivity contribution in [3.8, 4) is 0 Å². The Morgan fingerprint density at radius 1 is 1.23 bits per heavy atom. The number of aromatic nitrogens is 1. The number of hydrogen-bond donors (Lipinski definition) is 4. The van der Waals surface area contributed by atoms with Gasteiger partial charge in [-0.1, -0.05) is 24.4 Å². The van der Waals surface area contributed by atoms with Crippen LogP contribution in [-0.2, 0) is 10.0 Å². The second-order valence-corrected chi connectivity index (χ2v) is 10.3. The summed E-state index contributed by atoms with van der Waals surface area (Å²) >= 11 is 7.29. The maximum Gasteiger partial charge on any atom is 0.266 e. The van der Waals surface area contributed by atoms with E-state index in [1.165, 1.54) is 19.0 Å². The molecule has 0 amide bonds. The Kier molecular flexibility index (Phi) is 8.29. The zero-order chi connectivity index (χ0) is 21.6. The number of thiazole rings is 1. The van der Waals surface area contributed by atoms with Gasteiger partial charge in [-0.3, -0.25) is 4.72 Å². The highest BCUT2D eigenvalue weighted by molar-refractivity contribution is 7.93. The van der Waals surface area contributed by atoms with Gasteiger partial charge >= 0.3 is 0 Å². The molecule has 1 aliphatic rings. The molecule has 1 aromatic heterocycles. The molecule has 0 saturated heterocycles. The number of unbranched alkanes of at least 4 members (excludes halogenated alkanes) is 1. The van der Waals surface area contributed by atoms with Crippen LogP contribution in [0, 0.1) is 5.82 Å². The van der Waals surface area contributed by atoms with Crippen molar-refractivity contribution in [1.82, 2.24) is 10.3 Å². The molecule has 11 heteroatoms. The smallest absolute Gasteiger partial charge is 0.266 e. The average molecular weight is 476 g/mol. The molecule has 0 spiro atoms. The van der Waals surface area contributed by atoms with Gasteiger partial charge in [-0.15, -0.1) is 11.3 Å². The summed E-state index contributed by atoms with van der Waals surface area (Å²) in [6.45, 7) is 1.47. The van der Waals surface area contributed by atoms with Crippen molar-refractivity contribution in [3.05, 3.63) is 34.5 Å². The summed E-state index contributed by atoms with van der Waals surface area (Å²) in [6.07, 6.45) is 7.90. The van der Waals surface area contributed by atoms with Crippen LogP contribution in [0.5, 0.6) is 0 Å². The van der Waals surface area contributed by atoms with Crippen molar-refractivity contribution in [3.63, 3.8) is 0 Å². The summed E-state index contributed by atoms with van der Waals surface area (Å²) < 4.78 is 41.5. The first-order chi connectivity index (χ1) is 14.4. The molecule has 1 aromatic carbocycles. The van der Waals surface area contributed by atoms with Crippen LogP contribution in [0.25, 0.3) is 0 Å². The molecule has 0 aliphatic heterocycles. The summed E-state index contributed by atoms with van der Waals surface area (Å²) in [7, 11) is -4.11. The normalized spacial score (nSPS) is 19.6. The lowest BCUT2D eigenvalue weighted by molar-refractivity contribution is 0.327. The third kappa shape index (κ3) is 6.27. The van der Waals surface area contributed by atoms with Crippen molar-refractivity contribution in [1.29, 1.82) is 0 Å². The topological polar surface area (TPSA) is 109 Å². The van der Waals surface area contributed by atoms with Crippen molar-refractivity contribution >= 4 is 43.8 Å². The zero-order valence-corrected chi connectivity index (χ0v) is 18.9. The summed E-state index contributed by atoms with van der Waals surface area (Å²) in [6, 6.07) is 2.85. The molecule has 1 heterocycles. The molecular formula is C19H27ClFN5O2S2. The molecule has 1 saturated carbocycles. The first-order valence-electron chi connectivity index (χ1n) is 10.0. The van der Waals surface area contributed by atoms with E-state index >= 15 is 0 Å². The number of nitrogens with two attached hydrogens (primary N) is 1. The number of hydrogen-bond acceptors (Lipinski definition) is 7. The van der Waals surface area contributed by atoms with Gasteiger partial charge in [0.05, 0.1) is 10.7 Å². The van der Waals surface area contributed by atoms with Crippen molar-refractivity contribution in [2.24, 2.45) is 5.73 Å². The standard InChI is InChI=1S/C19H27ClFN5O2S2/c20-13-11-18(30(27,28)26-19-25-9-10-29-19)14(21)12-17(13)24-8-4-3-7-23-16-6-2-1-5-15(16)22/h9-12,15-16,23-24H,1-8,22H2,(H,25,26)/t15-,16+/m0/s1. The van der Waals surface area contributed by atoms with Gasteiger partial charge in [0.2, 0.25) is 0 Å². The largest absolute Gasteiger partial charge is 0.384 e. The lowest BCUT2D eigenvalue weighted by Crippen LogP contribution is -2.47. The number of halogens is 2. The van der Waals surface area contributed by atoms with E-state index in [0.717, 1.165) is 55.7 Å². The molecule has 7 nitrogen and oxygen atoms in total. The Balaban J connectivity index is 1.48. The number of nitrogens with zero attached hydrogens (tertiary/aromatic N) is 1. The van der Waals surface area contributed by atoms with Crippen LogP contribution in [0.4, 0.5) is 15.2 Å². The molecule has 30 heavy (non-hydrogen) atoms. The fourth-order valence-electron chi connectivity index (χ4n) is 3.49. The van der Waals surface area contributed by atoms with Crippen molar-refractivity contribution < 1.29 is 12.8 Å². The van der Waals surface area contributed by atoms with Crippen LogP contribution in [0.1, 0.15) is 38.5 Å². The van der Waals surface area contributed by atoms with E-state index < -0.39 is 20.7 Å². The Morgan fingerprint density at radius 2 is 2.00 bits per heavy atom. The van der Waals surface area contributed by atoms with Crippen LogP contribution in [0.3, 0.4) is 0 Å². The molecule has 0 bridgehead atoms. The van der Waals surface area contributed by atoms with Crippen LogP contribution in [0.2, 0.25) is 5.02 Å². The van der Waals surface area contributed by atoms with E-state index in [1.807, 2.05) is 0 Å². The zero-order valence-electron chi connectivity index (χ0n) is 16.5. The van der Waals surface area contributed by atoms with Crippen molar-refractivity contribution in [2.75, 3.05) is 23.1 Å². The molecule has 2 aromatic rings. The molecule has 5 N–H and O–H groups in total. The minimum absolute atomic E-state index is 0.141. The highest BCUT2D eigenvalue weighted by atomic mass is 35.5. The minimum atomic E-state index is -4.11. The molecule has 1 fully saturated rings. The lowest BCUT2D eigenvalue weighted by Gasteiger charge is -2.29. The minimum Gasteiger partial charge on any atom is -0.384 e. The quantitative estimate of drug-likeness (QED) is 0.389. The van der Waals surface area contributed by atoms with E-state index in [2.05, 4.69) is 20.3 Å². The second-order valence-electron chi connectivity index (χ2n) is 7.35. The Labute approximate surface area is 185 Å². The molecule has 2 atom stereocenters.